The topological polar surface area (TPSA) is 80.0 Å². The van der Waals surface area contributed by atoms with Crippen molar-refractivity contribution in [1.29, 1.82) is 0 Å². The third-order valence-corrected chi connectivity index (χ3v) is 2.33. The number of nitrogen functional groups attached to an aromatic ring is 1. The SMILES string of the molecule is NNc1ncc(C(=O)NCC(F)(F)C(F)F)cc1Cl. The van der Waals surface area contributed by atoms with Crippen LogP contribution in [0.3, 0.4) is 0 Å². The Bertz CT molecular complexity index is 472. The number of hydrogen-bond acceptors (Lipinski definition) is 4. The summed E-state index contributed by atoms with van der Waals surface area (Å²) >= 11 is 5.66. The molecule has 4 N–H and O–H groups in total. The molecule has 0 aromatic carbocycles. The number of nitrogens with one attached hydrogen (secondary N) is 2. The maximum absolute atomic E-state index is 12.6. The second-order valence-electron chi connectivity index (χ2n) is 3.44. The van der Waals surface area contributed by atoms with Gasteiger partial charge in [-0.05, 0) is 6.07 Å². The molecule has 1 aromatic heterocycles. The number of aromatic nitrogens is 1. The fourth-order valence-corrected chi connectivity index (χ4v) is 1.27. The Labute approximate surface area is 110 Å². The van der Waals surface area contributed by atoms with Gasteiger partial charge < -0.3 is 10.7 Å². The highest BCUT2D eigenvalue weighted by molar-refractivity contribution is 6.33. The maximum atomic E-state index is 12.6. The van der Waals surface area contributed by atoms with Crippen LogP contribution < -0.4 is 16.6 Å². The van der Waals surface area contributed by atoms with Crippen LogP contribution in [-0.2, 0) is 0 Å². The van der Waals surface area contributed by atoms with Crippen molar-refractivity contribution >= 4 is 23.3 Å². The molecule has 0 saturated heterocycles. The number of alkyl halides is 4. The molecule has 0 fully saturated rings. The molecule has 0 aliphatic heterocycles. The summed E-state index contributed by atoms with van der Waals surface area (Å²) in [5, 5.41) is 1.65. The Balaban J connectivity index is 2.72. The van der Waals surface area contributed by atoms with E-state index in [-0.39, 0.29) is 16.4 Å². The third-order valence-electron chi connectivity index (χ3n) is 2.04. The molecule has 0 unspecified atom stereocenters. The van der Waals surface area contributed by atoms with E-state index in [0.29, 0.717) is 0 Å². The molecule has 19 heavy (non-hydrogen) atoms. The highest BCUT2D eigenvalue weighted by Gasteiger charge is 2.40. The molecule has 106 valence electrons. The summed E-state index contributed by atoms with van der Waals surface area (Å²) in [6.45, 7) is -1.49. The van der Waals surface area contributed by atoms with E-state index < -0.39 is 24.8 Å². The molecule has 10 heteroatoms. The van der Waals surface area contributed by atoms with Gasteiger partial charge in [0.25, 0.3) is 5.91 Å². The van der Waals surface area contributed by atoms with E-state index in [1.54, 1.807) is 5.32 Å². The number of hydrazine groups is 1. The van der Waals surface area contributed by atoms with Crippen LogP contribution in [0.4, 0.5) is 23.4 Å². The summed E-state index contributed by atoms with van der Waals surface area (Å²) in [6.07, 6.45) is -2.85. The lowest BCUT2D eigenvalue weighted by Crippen LogP contribution is -2.41. The van der Waals surface area contributed by atoms with Crippen LogP contribution in [0.15, 0.2) is 12.3 Å². The fraction of sp³-hybridized carbons (Fsp3) is 0.333. The minimum atomic E-state index is -4.30. The third kappa shape index (κ3) is 3.93. The van der Waals surface area contributed by atoms with Crippen LogP contribution in [0, 0.1) is 0 Å². The molecule has 1 heterocycles. The largest absolute Gasteiger partial charge is 0.346 e. The number of carbonyl (C=O) groups is 1. The van der Waals surface area contributed by atoms with E-state index >= 15 is 0 Å². The Morgan fingerprint density at radius 3 is 2.63 bits per heavy atom. The van der Waals surface area contributed by atoms with Crippen molar-refractivity contribution in [2.75, 3.05) is 12.0 Å². The Kier molecular flexibility index (Phi) is 4.90. The number of amides is 1. The quantitative estimate of drug-likeness (QED) is 0.439. The number of anilines is 1. The van der Waals surface area contributed by atoms with Crippen molar-refractivity contribution < 1.29 is 22.4 Å². The predicted octanol–water partition coefficient (Wildman–Crippen LogP) is 1.65. The summed E-state index contributed by atoms with van der Waals surface area (Å²) in [4.78, 5) is 15.1. The molecule has 0 aliphatic carbocycles. The van der Waals surface area contributed by atoms with Crippen molar-refractivity contribution in [3.63, 3.8) is 0 Å². The van der Waals surface area contributed by atoms with Gasteiger partial charge >= 0.3 is 12.3 Å². The fourth-order valence-electron chi connectivity index (χ4n) is 1.05. The highest BCUT2D eigenvalue weighted by Crippen LogP contribution is 2.22. The first-order valence-corrected chi connectivity index (χ1v) is 5.22. The molecule has 0 aliphatic rings. The van der Waals surface area contributed by atoms with Crippen LogP contribution >= 0.6 is 11.6 Å². The molecule has 1 aromatic rings. The first kappa shape index (κ1) is 15.4. The summed E-state index contributed by atoms with van der Waals surface area (Å²) < 4.78 is 48.9. The van der Waals surface area contributed by atoms with E-state index in [9.17, 15) is 22.4 Å². The number of nitrogens with two attached hydrogens (primary N) is 1. The summed E-state index contributed by atoms with van der Waals surface area (Å²) in [6, 6.07) is 1.11. The van der Waals surface area contributed by atoms with Crippen LogP contribution in [-0.4, -0.2) is 29.8 Å². The zero-order valence-electron chi connectivity index (χ0n) is 9.26. The first-order chi connectivity index (χ1) is 8.77. The second-order valence-corrected chi connectivity index (χ2v) is 3.85. The van der Waals surface area contributed by atoms with Crippen LogP contribution in [0.25, 0.3) is 0 Å². The van der Waals surface area contributed by atoms with Gasteiger partial charge in [-0.15, -0.1) is 0 Å². The lowest BCUT2D eigenvalue weighted by atomic mass is 10.2. The molecule has 5 nitrogen and oxygen atoms in total. The zero-order chi connectivity index (χ0) is 14.6. The van der Waals surface area contributed by atoms with Gasteiger partial charge in [-0.1, -0.05) is 11.6 Å². The number of carbonyl (C=O) groups excluding carboxylic acids is 1. The Hall–Kier alpha value is -1.61. The van der Waals surface area contributed by atoms with Gasteiger partial charge in [0, 0.05) is 6.20 Å². The Morgan fingerprint density at radius 1 is 1.53 bits per heavy atom. The molecule has 0 bridgehead atoms. The Morgan fingerprint density at radius 2 is 2.16 bits per heavy atom. The number of hydrogen-bond donors (Lipinski definition) is 3. The molecule has 0 atom stereocenters. The van der Waals surface area contributed by atoms with E-state index in [4.69, 9.17) is 17.4 Å². The smallest absolute Gasteiger partial charge is 0.324 e. The molecule has 1 rings (SSSR count). The van der Waals surface area contributed by atoms with Crippen LogP contribution in [0.1, 0.15) is 10.4 Å². The highest BCUT2D eigenvalue weighted by atomic mass is 35.5. The van der Waals surface area contributed by atoms with Gasteiger partial charge in [0.1, 0.15) is 0 Å². The molecular weight excluding hydrogens is 292 g/mol. The lowest BCUT2D eigenvalue weighted by molar-refractivity contribution is -0.123. The lowest BCUT2D eigenvalue weighted by Gasteiger charge is -2.15. The van der Waals surface area contributed by atoms with Crippen LogP contribution in [0.5, 0.6) is 0 Å². The van der Waals surface area contributed by atoms with Gasteiger partial charge in [0.2, 0.25) is 0 Å². The summed E-state index contributed by atoms with van der Waals surface area (Å²) in [5.41, 5.74) is 1.98. The standard InChI is InChI=1S/C9H9ClF4N4O/c10-5-1-4(2-16-6(5)18-15)7(19)17-3-9(13,14)8(11)12/h1-2,8H,3,15H2,(H,16,18)(H,17,19). The van der Waals surface area contributed by atoms with Gasteiger partial charge in [-0.3, -0.25) is 4.79 Å². The monoisotopic (exact) mass is 300 g/mol. The molecule has 0 radical (unpaired) electrons. The zero-order valence-corrected chi connectivity index (χ0v) is 10.0. The van der Waals surface area contributed by atoms with E-state index in [1.165, 1.54) is 0 Å². The average Bonchev–Trinajstić information content (AvgIpc) is 2.35. The van der Waals surface area contributed by atoms with Crippen LogP contribution in [0.2, 0.25) is 5.02 Å². The van der Waals surface area contributed by atoms with E-state index in [1.807, 2.05) is 0 Å². The van der Waals surface area contributed by atoms with Crippen molar-refractivity contribution in [3.8, 4) is 0 Å². The molecule has 1 amide bonds. The van der Waals surface area contributed by atoms with Crippen molar-refractivity contribution in [1.82, 2.24) is 10.3 Å². The van der Waals surface area contributed by atoms with Gasteiger partial charge in [0.05, 0.1) is 17.1 Å². The number of nitrogens with zero attached hydrogens (tertiary/aromatic N) is 1. The van der Waals surface area contributed by atoms with Gasteiger partial charge in [-0.25, -0.2) is 19.6 Å². The maximum Gasteiger partial charge on any atom is 0.324 e. The van der Waals surface area contributed by atoms with Crippen molar-refractivity contribution in [2.45, 2.75) is 12.3 Å². The van der Waals surface area contributed by atoms with E-state index in [0.717, 1.165) is 12.3 Å². The first-order valence-electron chi connectivity index (χ1n) is 4.84. The van der Waals surface area contributed by atoms with Gasteiger partial charge in [-0.2, -0.15) is 8.78 Å². The molecule has 0 saturated carbocycles. The second kappa shape index (κ2) is 6.02. The number of rotatable bonds is 5. The number of pyridine rings is 1. The van der Waals surface area contributed by atoms with Crippen molar-refractivity contribution in [2.24, 2.45) is 5.84 Å². The minimum absolute atomic E-state index is 0.0178. The van der Waals surface area contributed by atoms with E-state index in [2.05, 4.69) is 10.4 Å². The number of halogens is 5. The summed E-state index contributed by atoms with van der Waals surface area (Å²) in [5.74, 6) is -0.176. The average molecular weight is 301 g/mol. The minimum Gasteiger partial charge on any atom is -0.346 e. The molecule has 0 spiro atoms. The normalized spacial score (nSPS) is 11.5. The van der Waals surface area contributed by atoms with Gasteiger partial charge in [0.15, 0.2) is 5.82 Å². The predicted molar refractivity (Wildman–Crippen MR) is 60.3 cm³/mol. The molecular formula is C9H9ClF4N4O. The van der Waals surface area contributed by atoms with Crippen molar-refractivity contribution in [3.05, 3.63) is 22.8 Å². The summed E-state index contributed by atoms with van der Waals surface area (Å²) in [7, 11) is 0.